The number of nitrogens with two attached hydrogens (primary N) is 1. The predicted octanol–water partition coefficient (Wildman–Crippen LogP) is 2.02. The summed E-state index contributed by atoms with van der Waals surface area (Å²) in [5, 5.41) is 7.49. The molecule has 0 unspecified atom stereocenters. The second-order valence-corrected chi connectivity index (χ2v) is 4.31. The highest BCUT2D eigenvalue weighted by molar-refractivity contribution is 7.99. The van der Waals surface area contributed by atoms with E-state index < -0.39 is 0 Å². The van der Waals surface area contributed by atoms with Crippen molar-refractivity contribution in [2.24, 2.45) is 5.73 Å². The summed E-state index contributed by atoms with van der Waals surface area (Å²) in [5.74, 6) is 1.00. The zero-order chi connectivity index (χ0) is 11.3. The van der Waals surface area contributed by atoms with E-state index in [1.807, 2.05) is 25.1 Å². The molecule has 0 spiro atoms. The Morgan fingerprint density at radius 1 is 1.53 bits per heavy atom. The van der Waals surface area contributed by atoms with Crippen molar-refractivity contribution < 1.29 is 4.74 Å². The smallest absolute Gasteiger partial charge is 0.123 e. The standard InChI is InChI=1S/C11H16N2OS/c1-8-4-3-5-9(11(12)13)10(8)15-7-6-14-2/h3-5H,6-7H2,1-2H3,(H3,12,13). The van der Waals surface area contributed by atoms with Gasteiger partial charge in [-0.3, -0.25) is 5.41 Å². The predicted molar refractivity (Wildman–Crippen MR) is 64.8 cm³/mol. The van der Waals surface area contributed by atoms with Gasteiger partial charge < -0.3 is 10.5 Å². The van der Waals surface area contributed by atoms with E-state index in [0.717, 1.165) is 21.8 Å². The summed E-state index contributed by atoms with van der Waals surface area (Å²) in [6.07, 6.45) is 0. The number of amidine groups is 1. The molecule has 0 fully saturated rings. The topological polar surface area (TPSA) is 59.1 Å². The van der Waals surface area contributed by atoms with E-state index in [0.29, 0.717) is 6.61 Å². The summed E-state index contributed by atoms with van der Waals surface area (Å²) in [6, 6.07) is 5.83. The number of aryl methyl sites for hydroxylation is 1. The first-order valence-corrected chi connectivity index (χ1v) is 5.71. The lowest BCUT2D eigenvalue weighted by atomic mass is 10.1. The third-order valence-corrected chi connectivity index (χ3v) is 3.24. The molecule has 0 bridgehead atoms. The van der Waals surface area contributed by atoms with E-state index in [1.54, 1.807) is 18.9 Å². The van der Waals surface area contributed by atoms with Crippen LogP contribution >= 0.6 is 11.8 Å². The normalized spacial score (nSPS) is 10.3. The average Bonchev–Trinajstić information content (AvgIpc) is 2.20. The monoisotopic (exact) mass is 224 g/mol. The molecule has 0 radical (unpaired) electrons. The Morgan fingerprint density at radius 3 is 2.87 bits per heavy atom. The highest BCUT2D eigenvalue weighted by Crippen LogP contribution is 2.26. The third kappa shape index (κ3) is 3.25. The Kier molecular flexibility index (Phi) is 4.65. The number of benzene rings is 1. The van der Waals surface area contributed by atoms with Gasteiger partial charge in [-0.15, -0.1) is 11.8 Å². The zero-order valence-corrected chi connectivity index (χ0v) is 9.86. The van der Waals surface area contributed by atoms with Gasteiger partial charge in [-0.25, -0.2) is 0 Å². The van der Waals surface area contributed by atoms with Crippen molar-refractivity contribution >= 4 is 17.6 Å². The van der Waals surface area contributed by atoms with Gasteiger partial charge in [0.15, 0.2) is 0 Å². The SMILES string of the molecule is COCCSc1c(C)cccc1C(=N)N. The molecule has 0 atom stereocenters. The highest BCUT2D eigenvalue weighted by Gasteiger charge is 2.07. The first kappa shape index (κ1) is 12.1. The lowest BCUT2D eigenvalue weighted by Crippen LogP contribution is -2.13. The minimum atomic E-state index is 0.124. The molecule has 3 nitrogen and oxygen atoms in total. The van der Waals surface area contributed by atoms with Crippen molar-refractivity contribution in [2.45, 2.75) is 11.8 Å². The first-order chi connectivity index (χ1) is 7.16. The minimum Gasteiger partial charge on any atom is -0.384 e. The molecule has 0 aromatic heterocycles. The van der Waals surface area contributed by atoms with Crippen molar-refractivity contribution in [3.05, 3.63) is 29.3 Å². The van der Waals surface area contributed by atoms with Gasteiger partial charge in [-0.1, -0.05) is 18.2 Å². The maximum atomic E-state index is 7.49. The Labute approximate surface area is 94.5 Å². The van der Waals surface area contributed by atoms with Crippen LogP contribution in [0.25, 0.3) is 0 Å². The van der Waals surface area contributed by atoms with Gasteiger partial charge in [0.1, 0.15) is 5.84 Å². The number of hydrogen-bond acceptors (Lipinski definition) is 3. The number of nitrogens with one attached hydrogen (secondary N) is 1. The molecule has 1 aromatic rings. The Bertz CT molecular complexity index is 352. The maximum Gasteiger partial charge on any atom is 0.123 e. The number of hydrogen-bond donors (Lipinski definition) is 2. The van der Waals surface area contributed by atoms with Crippen molar-refractivity contribution in [3.8, 4) is 0 Å². The molecule has 0 aliphatic heterocycles. The van der Waals surface area contributed by atoms with Crippen LogP contribution in [0.4, 0.5) is 0 Å². The summed E-state index contributed by atoms with van der Waals surface area (Å²) in [4.78, 5) is 1.09. The van der Waals surface area contributed by atoms with Crippen molar-refractivity contribution in [1.29, 1.82) is 5.41 Å². The van der Waals surface area contributed by atoms with Crippen molar-refractivity contribution in [2.75, 3.05) is 19.5 Å². The summed E-state index contributed by atoms with van der Waals surface area (Å²) < 4.78 is 5.00. The van der Waals surface area contributed by atoms with Crippen LogP contribution in [0.3, 0.4) is 0 Å². The lowest BCUT2D eigenvalue weighted by molar-refractivity contribution is 0.218. The molecule has 3 N–H and O–H groups in total. The van der Waals surface area contributed by atoms with Crippen LogP contribution in [0.1, 0.15) is 11.1 Å². The number of thioether (sulfide) groups is 1. The zero-order valence-electron chi connectivity index (χ0n) is 9.04. The number of ether oxygens (including phenoxy) is 1. The van der Waals surface area contributed by atoms with Gasteiger partial charge in [-0.2, -0.15) is 0 Å². The maximum absolute atomic E-state index is 7.49. The molecule has 0 aliphatic rings. The van der Waals surface area contributed by atoms with Crippen LogP contribution in [0.15, 0.2) is 23.1 Å². The van der Waals surface area contributed by atoms with Crippen molar-refractivity contribution in [3.63, 3.8) is 0 Å². The molecule has 0 heterocycles. The largest absolute Gasteiger partial charge is 0.384 e. The van der Waals surface area contributed by atoms with Gasteiger partial charge in [0, 0.05) is 23.3 Å². The summed E-state index contributed by atoms with van der Waals surface area (Å²) >= 11 is 1.68. The molecule has 0 amide bonds. The lowest BCUT2D eigenvalue weighted by Gasteiger charge is -2.10. The summed E-state index contributed by atoms with van der Waals surface area (Å²) in [6.45, 7) is 2.73. The molecule has 0 aliphatic carbocycles. The first-order valence-electron chi connectivity index (χ1n) is 4.72. The van der Waals surface area contributed by atoms with Crippen LogP contribution in [-0.2, 0) is 4.74 Å². The second kappa shape index (κ2) is 5.78. The molecular weight excluding hydrogens is 208 g/mol. The van der Waals surface area contributed by atoms with Gasteiger partial charge in [-0.05, 0) is 12.5 Å². The van der Waals surface area contributed by atoms with Crippen molar-refractivity contribution in [1.82, 2.24) is 0 Å². The van der Waals surface area contributed by atoms with Gasteiger partial charge in [0.25, 0.3) is 0 Å². The van der Waals surface area contributed by atoms with E-state index in [4.69, 9.17) is 15.9 Å². The molecule has 1 rings (SSSR count). The van der Waals surface area contributed by atoms with Gasteiger partial charge in [0.2, 0.25) is 0 Å². The summed E-state index contributed by atoms with van der Waals surface area (Å²) in [7, 11) is 1.68. The van der Waals surface area contributed by atoms with Crippen LogP contribution in [0.2, 0.25) is 0 Å². The van der Waals surface area contributed by atoms with E-state index in [-0.39, 0.29) is 5.84 Å². The third-order valence-electron chi connectivity index (χ3n) is 2.04. The molecule has 4 heteroatoms. The van der Waals surface area contributed by atoms with Crippen LogP contribution in [0.5, 0.6) is 0 Å². The van der Waals surface area contributed by atoms with Crippen LogP contribution in [-0.4, -0.2) is 25.3 Å². The van der Waals surface area contributed by atoms with E-state index >= 15 is 0 Å². The number of rotatable bonds is 5. The highest BCUT2D eigenvalue weighted by atomic mass is 32.2. The molecule has 1 aromatic carbocycles. The minimum absolute atomic E-state index is 0.124. The molecule has 0 saturated carbocycles. The second-order valence-electron chi connectivity index (χ2n) is 3.21. The fraction of sp³-hybridized carbons (Fsp3) is 0.364. The number of nitrogen functional groups attached to an aromatic ring is 1. The van der Waals surface area contributed by atoms with Gasteiger partial charge >= 0.3 is 0 Å². The Balaban J connectivity index is 2.87. The quantitative estimate of drug-likeness (QED) is 0.348. The van der Waals surface area contributed by atoms with Gasteiger partial charge in [0.05, 0.1) is 6.61 Å². The summed E-state index contributed by atoms with van der Waals surface area (Å²) in [5.41, 5.74) is 7.50. The fourth-order valence-corrected chi connectivity index (χ4v) is 2.37. The Hall–Kier alpha value is -1.00. The fourth-order valence-electron chi connectivity index (χ4n) is 1.28. The molecule has 0 saturated heterocycles. The van der Waals surface area contributed by atoms with Crippen LogP contribution < -0.4 is 5.73 Å². The number of methoxy groups -OCH3 is 1. The molecule has 82 valence electrons. The molecule has 15 heavy (non-hydrogen) atoms. The molecular formula is C11H16N2OS. The van der Waals surface area contributed by atoms with Crippen LogP contribution in [0, 0.1) is 12.3 Å². The van der Waals surface area contributed by atoms with E-state index in [2.05, 4.69) is 0 Å². The van der Waals surface area contributed by atoms with E-state index in [9.17, 15) is 0 Å². The van der Waals surface area contributed by atoms with E-state index in [1.165, 1.54) is 0 Å². The Morgan fingerprint density at radius 2 is 2.27 bits per heavy atom. The average molecular weight is 224 g/mol.